The van der Waals surface area contributed by atoms with Gasteiger partial charge in [0.05, 0.1) is 10.6 Å². The Balaban J connectivity index is 2.55. The molecule has 0 saturated heterocycles. The molecule has 0 bridgehead atoms. The molecule has 2 aromatic carbocycles. The number of carbonyl (C=O) groups excluding carboxylic acids is 1. The SMILES string of the molecule is CCNC(=O)CN(c1cc(Cl)ccc1C)S(=O)(=O)c1ccc(C)cc1. The van der Waals surface area contributed by atoms with E-state index in [1.165, 1.54) is 12.1 Å². The standard InChI is InChI=1S/C18H21ClN2O3S/c1-4-20-18(22)12-21(17-11-15(19)8-7-14(17)3)25(23,24)16-9-5-13(2)6-10-16/h5-11H,4,12H2,1-3H3,(H,20,22). The lowest BCUT2D eigenvalue weighted by Gasteiger charge is -2.25. The third-order valence-corrected chi connectivity index (χ3v) is 5.72. The zero-order chi connectivity index (χ0) is 18.6. The number of carbonyl (C=O) groups is 1. The van der Waals surface area contributed by atoms with E-state index in [0.29, 0.717) is 22.8 Å². The summed E-state index contributed by atoms with van der Waals surface area (Å²) in [4.78, 5) is 12.2. The molecule has 0 aliphatic rings. The third kappa shape index (κ3) is 4.52. The molecule has 2 rings (SSSR count). The normalized spacial score (nSPS) is 11.2. The van der Waals surface area contributed by atoms with Crippen molar-refractivity contribution >= 4 is 33.2 Å². The Morgan fingerprint density at radius 1 is 1.12 bits per heavy atom. The fraction of sp³-hybridized carbons (Fsp3) is 0.278. The Morgan fingerprint density at radius 2 is 1.76 bits per heavy atom. The number of benzene rings is 2. The highest BCUT2D eigenvalue weighted by atomic mass is 35.5. The lowest BCUT2D eigenvalue weighted by Crippen LogP contribution is -2.41. The third-order valence-electron chi connectivity index (χ3n) is 3.71. The molecule has 134 valence electrons. The monoisotopic (exact) mass is 380 g/mol. The molecule has 0 aliphatic heterocycles. The Morgan fingerprint density at radius 3 is 2.36 bits per heavy atom. The summed E-state index contributed by atoms with van der Waals surface area (Å²) in [6.45, 7) is 5.55. The van der Waals surface area contributed by atoms with Gasteiger partial charge in [-0.15, -0.1) is 0 Å². The number of amides is 1. The molecule has 25 heavy (non-hydrogen) atoms. The maximum Gasteiger partial charge on any atom is 0.264 e. The molecule has 0 aromatic heterocycles. The molecule has 0 heterocycles. The summed E-state index contributed by atoms with van der Waals surface area (Å²) in [5.41, 5.74) is 2.05. The molecule has 7 heteroatoms. The van der Waals surface area contributed by atoms with Crippen molar-refractivity contribution in [1.82, 2.24) is 5.32 Å². The average molecular weight is 381 g/mol. The van der Waals surface area contributed by atoms with Crippen LogP contribution >= 0.6 is 11.6 Å². The number of sulfonamides is 1. The first-order chi connectivity index (χ1) is 11.8. The van der Waals surface area contributed by atoms with Gasteiger partial charge < -0.3 is 5.32 Å². The van der Waals surface area contributed by atoms with Crippen LogP contribution < -0.4 is 9.62 Å². The minimum atomic E-state index is -3.91. The second-order valence-electron chi connectivity index (χ2n) is 5.71. The van der Waals surface area contributed by atoms with E-state index in [9.17, 15) is 13.2 Å². The molecule has 5 nitrogen and oxygen atoms in total. The van der Waals surface area contributed by atoms with Gasteiger partial charge in [-0.3, -0.25) is 9.10 Å². The van der Waals surface area contributed by atoms with Crippen molar-refractivity contribution in [3.8, 4) is 0 Å². The predicted molar refractivity (Wildman–Crippen MR) is 101 cm³/mol. The number of anilines is 1. The first-order valence-electron chi connectivity index (χ1n) is 7.88. The molecule has 0 unspecified atom stereocenters. The van der Waals surface area contributed by atoms with Crippen LogP contribution in [0.5, 0.6) is 0 Å². The molecular formula is C18H21ClN2O3S. The van der Waals surface area contributed by atoms with Gasteiger partial charge >= 0.3 is 0 Å². The summed E-state index contributed by atoms with van der Waals surface area (Å²) in [6, 6.07) is 11.5. The molecule has 0 radical (unpaired) electrons. The van der Waals surface area contributed by atoms with Crippen LogP contribution in [0.3, 0.4) is 0 Å². The molecule has 0 atom stereocenters. The zero-order valence-electron chi connectivity index (χ0n) is 14.4. The van der Waals surface area contributed by atoms with Crippen LogP contribution in [0.25, 0.3) is 0 Å². The number of rotatable bonds is 6. The van der Waals surface area contributed by atoms with Gasteiger partial charge in [-0.1, -0.05) is 35.4 Å². The van der Waals surface area contributed by atoms with E-state index in [0.717, 1.165) is 9.87 Å². The van der Waals surface area contributed by atoms with E-state index < -0.39 is 10.0 Å². The minimum absolute atomic E-state index is 0.127. The number of halogens is 1. The first kappa shape index (κ1) is 19.3. The molecule has 1 N–H and O–H groups in total. The largest absolute Gasteiger partial charge is 0.355 e. The Kier molecular flexibility index (Phi) is 6.08. The van der Waals surface area contributed by atoms with Gasteiger partial charge in [0.15, 0.2) is 0 Å². The van der Waals surface area contributed by atoms with Gasteiger partial charge in [-0.25, -0.2) is 8.42 Å². The van der Waals surface area contributed by atoms with Crippen molar-refractivity contribution in [3.05, 3.63) is 58.6 Å². The van der Waals surface area contributed by atoms with Gasteiger partial charge in [0.25, 0.3) is 10.0 Å². The number of aryl methyl sites for hydroxylation is 2. The number of likely N-dealkylation sites (N-methyl/N-ethyl adjacent to an activating group) is 1. The highest BCUT2D eigenvalue weighted by molar-refractivity contribution is 7.92. The van der Waals surface area contributed by atoms with Gasteiger partial charge in [0, 0.05) is 11.6 Å². The van der Waals surface area contributed by atoms with E-state index in [4.69, 9.17) is 11.6 Å². The molecular weight excluding hydrogens is 360 g/mol. The van der Waals surface area contributed by atoms with Crippen molar-refractivity contribution in [2.75, 3.05) is 17.4 Å². The number of hydrogen-bond acceptors (Lipinski definition) is 3. The molecule has 0 fully saturated rings. The summed E-state index contributed by atoms with van der Waals surface area (Å²) in [7, 11) is -3.91. The van der Waals surface area contributed by atoms with Crippen LogP contribution in [-0.4, -0.2) is 27.4 Å². The van der Waals surface area contributed by atoms with Crippen molar-refractivity contribution in [2.24, 2.45) is 0 Å². The van der Waals surface area contributed by atoms with Crippen LogP contribution in [0.2, 0.25) is 5.02 Å². The summed E-state index contributed by atoms with van der Waals surface area (Å²) < 4.78 is 27.4. The Bertz CT molecular complexity index is 864. The molecule has 0 spiro atoms. The number of nitrogens with zero attached hydrogens (tertiary/aromatic N) is 1. The van der Waals surface area contributed by atoms with Gasteiger partial charge in [-0.05, 0) is 50.6 Å². The Labute approximate surface area is 153 Å². The predicted octanol–water partition coefficient (Wildman–Crippen LogP) is 3.29. The maximum atomic E-state index is 13.2. The van der Waals surface area contributed by atoms with E-state index in [1.807, 2.05) is 6.92 Å². The van der Waals surface area contributed by atoms with Crippen LogP contribution in [0.4, 0.5) is 5.69 Å². The molecule has 2 aromatic rings. The zero-order valence-corrected chi connectivity index (χ0v) is 16.0. The average Bonchev–Trinajstić information content (AvgIpc) is 2.55. The first-order valence-corrected chi connectivity index (χ1v) is 9.69. The van der Waals surface area contributed by atoms with Crippen molar-refractivity contribution < 1.29 is 13.2 Å². The summed E-state index contributed by atoms with van der Waals surface area (Å²) in [5, 5.41) is 3.04. The number of nitrogens with one attached hydrogen (secondary N) is 1. The topological polar surface area (TPSA) is 66.5 Å². The lowest BCUT2D eigenvalue weighted by atomic mass is 10.2. The van der Waals surface area contributed by atoms with Crippen LogP contribution in [0.15, 0.2) is 47.4 Å². The maximum absolute atomic E-state index is 13.2. The van der Waals surface area contributed by atoms with E-state index in [1.54, 1.807) is 44.2 Å². The van der Waals surface area contributed by atoms with Crippen molar-refractivity contribution in [2.45, 2.75) is 25.7 Å². The summed E-state index contributed by atoms with van der Waals surface area (Å²) >= 11 is 6.05. The molecule has 1 amide bonds. The van der Waals surface area contributed by atoms with Crippen molar-refractivity contribution in [1.29, 1.82) is 0 Å². The van der Waals surface area contributed by atoms with Gasteiger partial charge in [-0.2, -0.15) is 0 Å². The second kappa shape index (κ2) is 7.89. The van der Waals surface area contributed by atoms with Crippen molar-refractivity contribution in [3.63, 3.8) is 0 Å². The second-order valence-corrected chi connectivity index (χ2v) is 8.01. The van der Waals surface area contributed by atoms with Crippen LogP contribution in [0, 0.1) is 13.8 Å². The highest BCUT2D eigenvalue weighted by Crippen LogP contribution is 2.29. The van der Waals surface area contributed by atoms with Crippen LogP contribution in [-0.2, 0) is 14.8 Å². The highest BCUT2D eigenvalue weighted by Gasteiger charge is 2.28. The smallest absolute Gasteiger partial charge is 0.264 e. The number of hydrogen-bond donors (Lipinski definition) is 1. The quantitative estimate of drug-likeness (QED) is 0.836. The fourth-order valence-electron chi connectivity index (χ4n) is 2.37. The van der Waals surface area contributed by atoms with Gasteiger partial charge in [0.2, 0.25) is 5.91 Å². The molecule has 0 saturated carbocycles. The van der Waals surface area contributed by atoms with E-state index in [2.05, 4.69) is 5.32 Å². The fourth-order valence-corrected chi connectivity index (χ4v) is 4.02. The summed E-state index contributed by atoms with van der Waals surface area (Å²) in [5.74, 6) is -0.377. The van der Waals surface area contributed by atoms with E-state index in [-0.39, 0.29) is 17.3 Å². The minimum Gasteiger partial charge on any atom is -0.355 e. The summed E-state index contributed by atoms with van der Waals surface area (Å²) in [6.07, 6.45) is 0. The molecule has 0 aliphatic carbocycles. The lowest BCUT2D eigenvalue weighted by molar-refractivity contribution is -0.119. The van der Waals surface area contributed by atoms with Crippen LogP contribution in [0.1, 0.15) is 18.1 Å². The Hall–Kier alpha value is -2.05. The van der Waals surface area contributed by atoms with Gasteiger partial charge in [0.1, 0.15) is 6.54 Å². The van der Waals surface area contributed by atoms with E-state index >= 15 is 0 Å².